The molecule has 0 amide bonds. The Bertz CT molecular complexity index is 1180. The fourth-order valence-electron chi connectivity index (χ4n) is 3.78. The van der Waals surface area contributed by atoms with Crippen LogP contribution in [0.25, 0.3) is 11.0 Å². The molecule has 3 aromatic rings. The second-order valence-electron chi connectivity index (χ2n) is 7.96. The van der Waals surface area contributed by atoms with Crippen LogP contribution in [-0.2, 0) is 14.6 Å². The molecular weight excluding hydrogens is 418 g/mol. The molecule has 1 aliphatic carbocycles. The lowest BCUT2D eigenvalue weighted by Gasteiger charge is -2.29. The Labute approximate surface area is 180 Å². The number of benzene rings is 1. The van der Waals surface area contributed by atoms with E-state index in [0.717, 1.165) is 63.2 Å². The predicted molar refractivity (Wildman–Crippen MR) is 119 cm³/mol. The van der Waals surface area contributed by atoms with Crippen molar-refractivity contribution in [2.24, 2.45) is 0 Å². The Morgan fingerprint density at radius 2 is 1.87 bits per heavy atom. The number of ether oxygens (including phenoxy) is 1. The average Bonchev–Trinajstić information content (AvgIpc) is 3.16. The van der Waals surface area contributed by atoms with Crippen molar-refractivity contribution in [1.82, 2.24) is 20.2 Å². The molecular formula is C20H25N7O3S. The minimum Gasteiger partial charge on any atom is -0.378 e. The van der Waals surface area contributed by atoms with E-state index >= 15 is 0 Å². The van der Waals surface area contributed by atoms with E-state index in [1.165, 1.54) is 0 Å². The topological polar surface area (TPSA) is 125 Å². The highest BCUT2D eigenvalue weighted by atomic mass is 32.2. The van der Waals surface area contributed by atoms with Gasteiger partial charge in [0.2, 0.25) is 5.95 Å². The summed E-state index contributed by atoms with van der Waals surface area (Å²) in [6.07, 6.45) is 4.36. The molecule has 1 saturated heterocycles. The molecule has 2 aliphatic rings. The SMILES string of the molecule is CS(=O)(=O)c1[nH]nc2nc(Nc3ccc(N4CCOCC4)cc3)nc(NC3CCC3)c12. The van der Waals surface area contributed by atoms with Gasteiger partial charge in [0.1, 0.15) is 11.2 Å². The lowest BCUT2D eigenvalue weighted by molar-refractivity contribution is 0.122. The fourth-order valence-corrected chi connectivity index (χ4v) is 4.55. The van der Waals surface area contributed by atoms with Crippen molar-refractivity contribution in [3.8, 4) is 0 Å². The number of nitrogens with zero attached hydrogens (tertiary/aromatic N) is 4. The molecule has 3 N–H and O–H groups in total. The number of anilines is 4. The van der Waals surface area contributed by atoms with Gasteiger partial charge in [-0.05, 0) is 43.5 Å². The third kappa shape index (κ3) is 4.15. The molecule has 164 valence electrons. The molecule has 3 heterocycles. The molecule has 11 heteroatoms. The van der Waals surface area contributed by atoms with Gasteiger partial charge < -0.3 is 20.3 Å². The minimum atomic E-state index is -3.49. The number of fused-ring (bicyclic) bond motifs is 1. The van der Waals surface area contributed by atoms with E-state index in [1.54, 1.807) is 0 Å². The van der Waals surface area contributed by atoms with Crippen molar-refractivity contribution in [2.75, 3.05) is 48.1 Å². The maximum atomic E-state index is 12.2. The van der Waals surface area contributed by atoms with Gasteiger partial charge in [0, 0.05) is 36.8 Å². The van der Waals surface area contributed by atoms with Crippen molar-refractivity contribution < 1.29 is 13.2 Å². The average molecular weight is 444 g/mol. The summed E-state index contributed by atoms with van der Waals surface area (Å²) in [4.78, 5) is 11.3. The zero-order valence-electron chi connectivity index (χ0n) is 17.3. The first-order chi connectivity index (χ1) is 15.0. The Morgan fingerprint density at radius 3 is 2.52 bits per heavy atom. The first-order valence-electron chi connectivity index (χ1n) is 10.4. The van der Waals surface area contributed by atoms with Gasteiger partial charge in [-0.2, -0.15) is 15.1 Å². The van der Waals surface area contributed by atoms with Crippen molar-refractivity contribution in [1.29, 1.82) is 0 Å². The van der Waals surface area contributed by atoms with Gasteiger partial charge in [-0.1, -0.05) is 0 Å². The molecule has 0 unspecified atom stereocenters. The Hall–Kier alpha value is -2.92. The zero-order chi connectivity index (χ0) is 21.4. The Balaban J connectivity index is 1.44. The first kappa shape index (κ1) is 20.0. The normalized spacial score (nSPS) is 17.5. The maximum Gasteiger partial charge on any atom is 0.231 e. The first-order valence-corrected chi connectivity index (χ1v) is 12.3. The van der Waals surface area contributed by atoms with Crippen LogP contribution in [-0.4, -0.2) is 67.2 Å². The summed E-state index contributed by atoms with van der Waals surface area (Å²) in [5, 5.41) is 13.8. The number of aromatic amines is 1. The summed E-state index contributed by atoms with van der Waals surface area (Å²) < 4.78 is 29.8. The predicted octanol–water partition coefficient (Wildman–Crippen LogP) is 2.30. The number of H-pyrrole nitrogens is 1. The van der Waals surface area contributed by atoms with E-state index in [9.17, 15) is 8.42 Å². The number of hydrogen-bond acceptors (Lipinski definition) is 9. The summed E-state index contributed by atoms with van der Waals surface area (Å²) in [5.74, 6) is 0.844. The molecule has 5 rings (SSSR count). The highest BCUT2D eigenvalue weighted by Gasteiger charge is 2.25. The van der Waals surface area contributed by atoms with Gasteiger partial charge in [-0.15, -0.1) is 0 Å². The smallest absolute Gasteiger partial charge is 0.231 e. The molecule has 1 saturated carbocycles. The monoisotopic (exact) mass is 443 g/mol. The van der Waals surface area contributed by atoms with Crippen molar-refractivity contribution in [3.05, 3.63) is 24.3 Å². The van der Waals surface area contributed by atoms with Crippen LogP contribution in [0.5, 0.6) is 0 Å². The Kier molecular flexibility index (Phi) is 5.14. The standard InChI is InChI=1S/C20H25N7O3S/c1-31(28,29)19-16-17(21-13-3-2-4-13)23-20(24-18(16)25-26-19)22-14-5-7-15(8-6-14)27-9-11-30-12-10-27/h5-8,13H,2-4,9-12H2,1H3,(H3,21,22,23,24,25,26). The maximum absolute atomic E-state index is 12.2. The number of nitrogens with one attached hydrogen (secondary N) is 3. The molecule has 2 aromatic heterocycles. The molecule has 1 aliphatic heterocycles. The summed E-state index contributed by atoms with van der Waals surface area (Å²) in [7, 11) is -3.49. The molecule has 2 fully saturated rings. The lowest BCUT2D eigenvalue weighted by Crippen LogP contribution is -2.36. The van der Waals surface area contributed by atoms with Crippen molar-refractivity contribution in [3.63, 3.8) is 0 Å². The van der Waals surface area contributed by atoms with Crippen LogP contribution < -0.4 is 15.5 Å². The van der Waals surface area contributed by atoms with E-state index in [1.807, 2.05) is 12.1 Å². The highest BCUT2D eigenvalue weighted by Crippen LogP contribution is 2.31. The second-order valence-corrected chi connectivity index (χ2v) is 9.92. The minimum absolute atomic E-state index is 0.0331. The van der Waals surface area contributed by atoms with Crippen LogP contribution in [0.4, 0.5) is 23.1 Å². The van der Waals surface area contributed by atoms with Gasteiger partial charge in [0.05, 0.1) is 13.2 Å². The van der Waals surface area contributed by atoms with E-state index in [4.69, 9.17) is 4.74 Å². The molecule has 0 atom stereocenters. The van der Waals surface area contributed by atoms with Crippen molar-refractivity contribution >= 4 is 44.0 Å². The van der Waals surface area contributed by atoms with Crippen LogP contribution in [0.3, 0.4) is 0 Å². The van der Waals surface area contributed by atoms with Crippen LogP contribution in [0.2, 0.25) is 0 Å². The van der Waals surface area contributed by atoms with Crippen LogP contribution >= 0.6 is 0 Å². The summed E-state index contributed by atoms with van der Waals surface area (Å²) in [6, 6.07) is 8.33. The molecule has 0 radical (unpaired) electrons. The van der Waals surface area contributed by atoms with E-state index in [2.05, 4.69) is 47.8 Å². The molecule has 1 aromatic carbocycles. The summed E-state index contributed by atoms with van der Waals surface area (Å²) in [5.41, 5.74) is 2.29. The highest BCUT2D eigenvalue weighted by molar-refractivity contribution is 7.90. The molecule has 31 heavy (non-hydrogen) atoms. The third-order valence-electron chi connectivity index (χ3n) is 5.70. The number of morpholine rings is 1. The van der Waals surface area contributed by atoms with Crippen LogP contribution in [0.15, 0.2) is 29.3 Å². The fraction of sp³-hybridized carbons (Fsp3) is 0.450. The number of hydrogen-bond donors (Lipinski definition) is 3. The Morgan fingerprint density at radius 1 is 1.13 bits per heavy atom. The lowest BCUT2D eigenvalue weighted by atomic mass is 9.93. The van der Waals surface area contributed by atoms with Gasteiger partial charge in [-0.25, -0.2) is 8.42 Å². The zero-order valence-corrected chi connectivity index (χ0v) is 18.1. The summed E-state index contributed by atoms with van der Waals surface area (Å²) in [6.45, 7) is 3.24. The van der Waals surface area contributed by atoms with E-state index in [-0.39, 0.29) is 11.1 Å². The van der Waals surface area contributed by atoms with E-state index in [0.29, 0.717) is 22.8 Å². The molecule has 0 bridgehead atoms. The van der Waals surface area contributed by atoms with Gasteiger partial charge in [-0.3, -0.25) is 5.10 Å². The largest absolute Gasteiger partial charge is 0.378 e. The van der Waals surface area contributed by atoms with Crippen LogP contribution in [0, 0.1) is 0 Å². The second kappa shape index (κ2) is 7.97. The third-order valence-corrected chi connectivity index (χ3v) is 6.73. The molecule has 0 spiro atoms. The van der Waals surface area contributed by atoms with Gasteiger partial charge >= 0.3 is 0 Å². The van der Waals surface area contributed by atoms with Gasteiger partial charge in [0.25, 0.3) is 0 Å². The number of sulfone groups is 1. The van der Waals surface area contributed by atoms with Gasteiger partial charge in [0.15, 0.2) is 20.5 Å². The summed E-state index contributed by atoms with van der Waals surface area (Å²) >= 11 is 0. The quantitative estimate of drug-likeness (QED) is 0.526. The van der Waals surface area contributed by atoms with Crippen LogP contribution in [0.1, 0.15) is 19.3 Å². The molecule has 10 nitrogen and oxygen atoms in total. The van der Waals surface area contributed by atoms with E-state index < -0.39 is 9.84 Å². The number of aromatic nitrogens is 4. The van der Waals surface area contributed by atoms with Crippen molar-refractivity contribution in [2.45, 2.75) is 30.3 Å². The number of rotatable bonds is 6.